The zero-order valence-corrected chi connectivity index (χ0v) is 28.2. The van der Waals surface area contributed by atoms with Crippen LogP contribution in [0.4, 0.5) is 0 Å². The average Bonchev–Trinajstić information content (AvgIpc) is 3.96. The molecule has 0 atom stereocenters. The van der Waals surface area contributed by atoms with Crippen LogP contribution in [0.1, 0.15) is 22.5 Å². The van der Waals surface area contributed by atoms with Gasteiger partial charge in [0.15, 0.2) is 0 Å². The van der Waals surface area contributed by atoms with E-state index in [2.05, 4.69) is 40.8 Å². The quantitative estimate of drug-likeness (QED) is 0.128. The molecule has 4 aromatic heterocycles. The number of rotatable bonds is 8. The zero-order valence-electron chi connectivity index (χ0n) is 28.2. The first-order valence-electron chi connectivity index (χ1n) is 16.2. The molecular formula is C40H36N8O2. The first kappa shape index (κ1) is 31.9. The predicted octanol–water partition coefficient (Wildman–Crippen LogP) is 9.75. The van der Waals surface area contributed by atoms with Crippen LogP contribution in [-0.2, 0) is 0 Å². The molecule has 0 saturated heterocycles. The van der Waals surface area contributed by atoms with E-state index in [1.54, 1.807) is 0 Å². The number of H-pyrrole nitrogens is 4. The summed E-state index contributed by atoms with van der Waals surface area (Å²) in [5.41, 5.74) is 12.6. The second kappa shape index (κ2) is 14.2. The molecule has 0 amide bonds. The lowest BCUT2D eigenvalue weighted by Gasteiger charge is -2.08. The number of aromatic amines is 4. The smallest absolute Gasteiger partial charge is 0.127 e. The Kier molecular flexibility index (Phi) is 9.06. The van der Waals surface area contributed by atoms with Crippen molar-refractivity contribution in [1.82, 2.24) is 40.8 Å². The van der Waals surface area contributed by atoms with E-state index in [9.17, 15) is 0 Å². The lowest BCUT2D eigenvalue weighted by atomic mass is 10.1. The first-order chi connectivity index (χ1) is 24.4. The fraction of sp³-hybridized carbons (Fsp3) is 0.100. The van der Waals surface area contributed by atoms with E-state index in [1.807, 2.05) is 149 Å². The number of hydrogen-bond donors (Lipinski definition) is 4. The van der Waals surface area contributed by atoms with Crippen LogP contribution in [0, 0.1) is 27.7 Å². The van der Waals surface area contributed by atoms with Gasteiger partial charge >= 0.3 is 0 Å². The largest absolute Gasteiger partial charge is 0.457 e. The Bertz CT molecular complexity index is 2130. The van der Waals surface area contributed by atoms with Gasteiger partial charge in [-0.3, -0.25) is 20.4 Å². The number of nitrogens with zero attached hydrogens (tertiary/aromatic N) is 4. The molecule has 0 bridgehead atoms. The Morgan fingerprint density at radius 2 is 0.720 bits per heavy atom. The normalized spacial score (nSPS) is 10.8. The maximum atomic E-state index is 5.93. The third-order valence-corrected chi connectivity index (χ3v) is 8.13. The summed E-state index contributed by atoms with van der Waals surface area (Å²) < 4.78 is 11.8. The molecule has 4 N–H and O–H groups in total. The van der Waals surface area contributed by atoms with Crippen LogP contribution in [0.5, 0.6) is 23.0 Å². The van der Waals surface area contributed by atoms with E-state index in [-0.39, 0.29) is 0 Å². The Labute approximate surface area is 289 Å². The van der Waals surface area contributed by atoms with Crippen LogP contribution in [0.3, 0.4) is 0 Å². The monoisotopic (exact) mass is 660 g/mol. The molecule has 4 aromatic carbocycles. The van der Waals surface area contributed by atoms with E-state index >= 15 is 0 Å². The molecule has 10 heteroatoms. The minimum absolute atomic E-state index is 0.791. The number of ether oxygens (including phenoxy) is 2. The van der Waals surface area contributed by atoms with Crippen LogP contribution in [0.15, 0.2) is 122 Å². The highest BCUT2D eigenvalue weighted by molar-refractivity contribution is 5.65. The van der Waals surface area contributed by atoms with Crippen LogP contribution in [-0.4, -0.2) is 40.8 Å². The van der Waals surface area contributed by atoms with Crippen molar-refractivity contribution in [2.24, 2.45) is 0 Å². The van der Waals surface area contributed by atoms with Crippen molar-refractivity contribution < 1.29 is 9.47 Å². The van der Waals surface area contributed by atoms with E-state index in [0.29, 0.717) is 0 Å². The van der Waals surface area contributed by atoms with Gasteiger partial charge in [0.25, 0.3) is 0 Å². The second-order valence-electron chi connectivity index (χ2n) is 12.0. The molecule has 0 unspecified atom stereocenters. The third-order valence-electron chi connectivity index (χ3n) is 8.13. The minimum Gasteiger partial charge on any atom is -0.457 e. The van der Waals surface area contributed by atoms with Crippen molar-refractivity contribution in [3.05, 3.63) is 144 Å². The van der Waals surface area contributed by atoms with Crippen LogP contribution < -0.4 is 9.47 Å². The van der Waals surface area contributed by atoms with Gasteiger partial charge in [0.2, 0.25) is 0 Å². The number of aryl methyl sites for hydroxylation is 4. The van der Waals surface area contributed by atoms with Crippen molar-refractivity contribution in [3.8, 4) is 68.0 Å². The summed E-state index contributed by atoms with van der Waals surface area (Å²) in [6.45, 7) is 8.04. The lowest BCUT2D eigenvalue weighted by molar-refractivity contribution is 0.482. The highest BCUT2D eigenvalue weighted by atomic mass is 16.5. The van der Waals surface area contributed by atoms with E-state index in [0.717, 1.165) is 90.5 Å². The maximum Gasteiger partial charge on any atom is 0.127 e. The molecule has 0 aliphatic rings. The standard InChI is InChI=1S/2C20H18N4O/c1-13-11-21-23-19(13)15-3-7-17(8-4-15)25-18-9-5-16(6-10-18)20-14(2)12-22-24-20;1-13-11-19(23-21-13)15-3-7-17(8-4-15)25-18-9-5-16(6-10-18)20-12-14(2)22-24-20/h2*3-12H,1-2H3,(H,21,23)(H,22,24). The van der Waals surface area contributed by atoms with E-state index < -0.39 is 0 Å². The Morgan fingerprint density at radius 3 is 0.980 bits per heavy atom. The molecule has 10 nitrogen and oxygen atoms in total. The highest BCUT2D eigenvalue weighted by Gasteiger charge is 2.08. The molecule has 50 heavy (non-hydrogen) atoms. The fourth-order valence-electron chi connectivity index (χ4n) is 5.45. The van der Waals surface area contributed by atoms with Crippen molar-refractivity contribution >= 4 is 0 Å². The molecule has 0 spiro atoms. The van der Waals surface area contributed by atoms with Gasteiger partial charge in [0.05, 0.1) is 35.2 Å². The third kappa shape index (κ3) is 7.39. The molecule has 0 aliphatic heterocycles. The maximum absolute atomic E-state index is 5.93. The number of benzene rings is 4. The first-order valence-corrected chi connectivity index (χ1v) is 16.2. The van der Waals surface area contributed by atoms with Gasteiger partial charge in [0, 0.05) is 33.6 Å². The van der Waals surface area contributed by atoms with Crippen molar-refractivity contribution in [2.45, 2.75) is 27.7 Å². The van der Waals surface area contributed by atoms with Gasteiger partial charge in [-0.15, -0.1) is 0 Å². The Morgan fingerprint density at radius 1 is 0.400 bits per heavy atom. The topological polar surface area (TPSA) is 133 Å². The highest BCUT2D eigenvalue weighted by Crippen LogP contribution is 2.30. The van der Waals surface area contributed by atoms with E-state index in [4.69, 9.17) is 9.47 Å². The summed E-state index contributed by atoms with van der Waals surface area (Å²) in [4.78, 5) is 0. The van der Waals surface area contributed by atoms with E-state index in [1.165, 1.54) is 0 Å². The summed E-state index contributed by atoms with van der Waals surface area (Å²) >= 11 is 0. The summed E-state index contributed by atoms with van der Waals surface area (Å²) in [6, 6.07) is 35.8. The zero-order chi connectivity index (χ0) is 34.5. The molecule has 0 fully saturated rings. The molecule has 8 aromatic rings. The van der Waals surface area contributed by atoms with Gasteiger partial charge in [0.1, 0.15) is 23.0 Å². The molecule has 0 aliphatic carbocycles. The number of nitrogens with one attached hydrogen (secondary N) is 4. The minimum atomic E-state index is 0.791. The predicted molar refractivity (Wildman–Crippen MR) is 195 cm³/mol. The average molecular weight is 661 g/mol. The summed E-state index contributed by atoms with van der Waals surface area (Å²) in [7, 11) is 0. The SMILES string of the molecule is Cc1cc(-c2ccc(Oc3ccc(-c4cc(C)[nH]n4)cc3)cc2)n[nH]1.Cc1cn[nH]c1-c1ccc(Oc2ccc(-c3[nH]ncc3C)cc2)cc1. The molecular weight excluding hydrogens is 624 g/mol. The molecule has 4 heterocycles. The van der Waals surface area contributed by atoms with Gasteiger partial charge in [-0.1, -0.05) is 0 Å². The number of aromatic nitrogens is 8. The van der Waals surface area contributed by atoms with Crippen molar-refractivity contribution in [2.75, 3.05) is 0 Å². The summed E-state index contributed by atoms with van der Waals surface area (Å²) in [5, 5.41) is 28.6. The van der Waals surface area contributed by atoms with Crippen molar-refractivity contribution in [3.63, 3.8) is 0 Å². The van der Waals surface area contributed by atoms with Gasteiger partial charge in [-0.25, -0.2) is 0 Å². The van der Waals surface area contributed by atoms with Crippen LogP contribution >= 0.6 is 0 Å². The second-order valence-corrected chi connectivity index (χ2v) is 12.0. The fourth-order valence-corrected chi connectivity index (χ4v) is 5.45. The lowest BCUT2D eigenvalue weighted by Crippen LogP contribution is -1.86. The molecule has 0 saturated carbocycles. The molecule has 0 radical (unpaired) electrons. The van der Waals surface area contributed by atoms with Crippen LogP contribution in [0.2, 0.25) is 0 Å². The number of hydrogen-bond acceptors (Lipinski definition) is 6. The van der Waals surface area contributed by atoms with Crippen molar-refractivity contribution in [1.29, 1.82) is 0 Å². The summed E-state index contributed by atoms with van der Waals surface area (Å²) in [6.07, 6.45) is 3.64. The summed E-state index contributed by atoms with van der Waals surface area (Å²) in [5.74, 6) is 3.18. The van der Waals surface area contributed by atoms with Crippen LogP contribution in [0.25, 0.3) is 45.0 Å². The molecule has 8 rings (SSSR count). The Balaban J connectivity index is 0.000000157. The Hall–Kier alpha value is -6.68. The molecule has 248 valence electrons. The van der Waals surface area contributed by atoms with Gasteiger partial charge in [-0.2, -0.15) is 20.4 Å². The van der Waals surface area contributed by atoms with Gasteiger partial charge in [-0.05, 0) is 148 Å². The van der Waals surface area contributed by atoms with Gasteiger partial charge < -0.3 is 9.47 Å².